The van der Waals surface area contributed by atoms with E-state index in [1.54, 1.807) is 17.3 Å². The van der Waals surface area contributed by atoms with Crippen molar-refractivity contribution >= 4 is 11.8 Å². The molecule has 1 aromatic carbocycles. The third kappa shape index (κ3) is 4.23. The molecule has 7 nitrogen and oxygen atoms in total. The number of nitrogens with two attached hydrogens (primary N) is 1. The molecule has 160 valence electrons. The number of anilines is 1. The number of carbonyl (C=O) groups excluding carboxylic acids is 1. The molecule has 1 aliphatic heterocycles. The van der Waals surface area contributed by atoms with Crippen LogP contribution in [0.5, 0.6) is 0 Å². The van der Waals surface area contributed by atoms with Gasteiger partial charge >= 0.3 is 6.03 Å². The fraction of sp³-hybridized carbons (Fsp3) is 0.500. The highest BCUT2D eigenvalue weighted by molar-refractivity contribution is 5.75. The highest BCUT2D eigenvalue weighted by Gasteiger charge is 2.30. The quantitative estimate of drug-likeness (QED) is 0.816. The number of urea groups is 1. The van der Waals surface area contributed by atoms with Gasteiger partial charge in [0.15, 0.2) is 0 Å². The first kappa shape index (κ1) is 20.5. The van der Waals surface area contributed by atoms with Crippen molar-refractivity contribution in [3.63, 3.8) is 0 Å². The van der Waals surface area contributed by atoms with Crippen LogP contribution in [-0.4, -0.2) is 65.1 Å². The highest BCUT2D eigenvalue weighted by Crippen LogP contribution is 2.37. The number of nitrogens with zero attached hydrogens (tertiary/aromatic N) is 5. The summed E-state index contributed by atoms with van der Waals surface area (Å²) in [4.78, 5) is 28.0. The van der Waals surface area contributed by atoms with Gasteiger partial charge in [0.1, 0.15) is 18.0 Å². The van der Waals surface area contributed by atoms with Gasteiger partial charge in [0.25, 0.3) is 0 Å². The van der Waals surface area contributed by atoms with E-state index in [1.165, 1.54) is 17.7 Å². The van der Waals surface area contributed by atoms with Gasteiger partial charge in [-0.2, -0.15) is 0 Å². The van der Waals surface area contributed by atoms with Crippen LogP contribution >= 0.6 is 0 Å². The first-order valence-electron chi connectivity index (χ1n) is 10.6. The molecule has 0 spiro atoms. The Bertz CT molecular complexity index is 899. The van der Waals surface area contributed by atoms with Gasteiger partial charge in [-0.05, 0) is 36.5 Å². The van der Waals surface area contributed by atoms with Crippen molar-refractivity contribution in [2.75, 3.05) is 44.2 Å². The summed E-state index contributed by atoms with van der Waals surface area (Å²) >= 11 is 0. The second kappa shape index (κ2) is 8.95. The van der Waals surface area contributed by atoms with Crippen molar-refractivity contribution in [2.45, 2.75) is 32.2 Å². The van der Waals surface area contributed by atoms with E-state index in [1.807, 2.05) is 11.0 Å². The average Bonchev–Trinajstić information content (AvgIpc) is 3.14. The number of piperazine rings is 1. The first-order chi connectivity index (χ1) is 14.6. The van der Waals surface area contributed by atoms with Gasteiger partial charge in [0, 0.05) is 57.1 Å². The number of hydrogen-bond acceptors (Lipinski definition) is 5. The maximum absolute atomic E-state index is 13.5. The molecule has 8 heteroatoms. The van der Waals surface area contributed by atoms with Crippen molar-refractivity contribution in [3.8, 4) is 0 Å². The molecule has 1 saturated heterocycles. The van der Waals surface area contributed by atoms with Crippen LogP contribution in [0.3, 0.4) is 0 Å². The minimum atomic E-state index is -0.298. The predicted octanol–water partition coefficient (Wildman–Crippen LogP) is 2.37. The van der Waals surface area contributed by atoms with Gasteiger partial charge in [-0.3, -0.25) is 0 Å². The molecule has 1 fully saturated rings. The summed E-state index contributed by atoms with van der Waals surface area (Å²) in [5.41, 5.74) is 8.93. The second-order valence-electron chi connectivity index (χ2n) is 8.09. The topological polar surface area (TPSA) is 78.6 Å². The van der Waals surface area contributed by atoms with Crippen LogP contribution in [0, 0.1) is 5.82 Å². The maximum Gasteiger partial charge on any atom is 0.320 e. The Kier molecular flexibility index (Phi) is 6.13. The van der Waals surface area contributed by atoms with E-state index >= 15 is 0 Å². The van der Waals surface area contributed by atoms with Crippen LogP contribution < -0.4 is 10.6 Å². The van der Waals surface area contributed by atoms with E-state index in [4.69, 9.17) is 5.73 Å². The van der Waals surface area contributed by atoms with Gasteiger partial charge in [-0.1, -0.05) is 19.1 Å². The SMILES string of the molecule is C[C@@H]1CCc2ncnc(N3CCN(C(=O)N(CCN)Cc4cccc(F)c4)CC3)c21. The zero-order chi connectivity index (χ0) is 21.1. The van der Waals surface area contributed by atoms with Gasteiger partial charge in [-0.15, -0.1) is 0 Å². The lowest BCUT2D eigenvalue weighted by molar-refractivity contribution is 0.148. The molecule has 2 heterocycles. The molecule has 0 radical (unpaired) electrons. The number of carbonyl (C=O) groups is 1. The number of halogens is 1. The molecule has 4 rings (SSSR count). The number of amides is 2. The molecule has 1 aliphatic carbocycles. The summed E-state index contributed by atoms with van der Waals surface area (Å²) in [6.45, 7) is 6.10. The van der Waals surface area contributed by atoms with E-state index in [0.29, 0.717) is 38.6 Å². The summed E-state index contributed by atoms with van der Waals surface area (Å²) < 4.78 is 13.5. The molecule has 0 unspecified atom stereocenters. The van der Waals surface area contributed by atoms with Crippen molar-refractivity contribution in [1.82, 2.24) is 19.8 Å². The molecule has 2 amide bonds. The molecule has 0 saturated carbocycles. The Morgan fingerprint density at radius 2 is 2.07 bits per heavy atom. The van der Waals surface area contributed by atoms with Crippen LogP contribution in [-0.2, 0) is 13.0 Å². The molecule has 2 N–H and O–H groups in total. The number of aromatic nitrogens is 2. The number of rotatable bonds is 5. The monoisotopic (exact) mass is 412 g/mol. The van der Waals surface area contributed by atoms with Gasteiger partial charge in [-0.25, -0.2) is 19.2 Å². The molecule has 30 heavy (non-hydrogen) atoms. The fourth-order valence-electron chi connectivity index (χ4n) is 4.44. The fourth-order valence-corrected chi connectivity index (χ4v) is 4.44. The molecule has 1 aromatic heterocycles. The summed E-state index contributed by atoms with van der Waals surface area (Å²) in [7, 11) is 0. The molecule has 2 aliphatic rings. The minimum absolute atomic E-state index is 0.0503. The van der Waals surface area contributed by atoms with Crippen LogP contribution in [0.2, 0.25) is 0 Å². The zero-order valence-electron chi connectivity index (χ0n) is 17.4. The van der Waals surface area contributed by atoms with Crippen LogP contribution in [0.1, 0.15) is 36.1 Å². The van der Waals surface area contributed by atoms with E-state index < -0.39 is 0 Å². The summed E-state index contributed by atoms with van der Waals surface area (Å²) in [6.07, 6.45) is 3.79. The number of benzene rings is 1. The Morgan fingerprint density at radius 1 is 1.27 bits per heavy atom. The second-order valence-corrected chi connectivity index (χ2v) is 8.09. The van der Waals surface area contributed by atoms with Crippen molar-refractivity contribution < 1.29 is 9.18 Å². The molecule has 2 aromatic rings. The Hall–Kier alpha value is -2.74. The lowest BCUT2D eigenvalue weighted by Crippen LogP contribution is -2.53. The smallest absolute Gasteiger partial charge is 0.320 e. The number of hydrogen-bond donors (Lipinski definition) is 1. The van der Waals surface area contributed by atoms with E-state index in [0.717, 1.165) is 43.0 Å². The minimum Gasteiger partial charge on any atom is -0.353 e. The van der Waals surface area contributed by atoms with Crippen molar-refractivity contribution in [3.05, 3.63) is 53.2 Å². The highest BCUT2D eigenvalue weighted by atomic mass is 19.1. The summed E-state index contributed by atoms with van der Waals surface area (Å²) in [5.74, 6) is 1.20. The number of aryl methyl sites for hydroxylation is 1. The van der Waals surface area contributed by atoms with Gasteiger partial charge in [0.2, 0.25) is 0 Å². The van der Waals surface area contributed by atoms with Crippen LogP contribution in [0.4, 0.5) is 15.0 Å². The number of fused-ring (bicyclic) bond motifs is 1. The van der Waals surface area contributed by atoms with Crippen molar-refractivity contribution in [1.29, 1.82) is 0 Å². The molecular formula is C22H29FN6O. The Morgan fingerprint density at radius 3 is 2.80 bits per heavy atom. The summed E-state index contributed by atoms with van der Waals surface area (Å²) in [6, 6.07) is 6.31. The van der Waals surface area contributed by atoms with Crippen molar-refractivity contribution in [2.24, 2.45) is 5.73 Å². The molecule has 1 atom stereocenters. The summed E-state index contributed by atoms with van der Waals surface area (Å²) in [5, 5.41) is 0. The predicted molar refractivity (Wildman–Crippen MR) is 114 cm³/mol. The molecule has 0 bridgehead atoms. The first-order valence-corrected chi connectivity index (χ1v) is 10.6. The lowest BCUT2D eigenvalue weighted by atomic mass is 10.1. The molecular weight excluding hydrogens is 383 g/mol. The zero-order valence-corrected chi connectivity index (χ0v) is 17.4. The van der Waals surface area contributed by atoms with E-state index in [2.05, 4.69) is 21.8 Å². The van der Waals surface area contributed by atoms with Gasteiger partial charge in [0.05, 0.1) is 0 Å². The largest absolute Gasteiger partial charge is 0.353 e. The third-order valence-corrected chi connectivity index (χ3v) is 6.03. The van der Waals surface area contributed by atoms with Crippen LogP contribution in [0.25, 0.3) is 0 Å². The normalized spacial score (nSPS) is 18.4. The van der Waals surface area contributed by atoms with E-state index in [-0.39, 0.29) is 11.8 Å². The lowest BCUT2D eigenvalue weighted by Gasteiger charge is -2.38. The van der Waals surface area contributed by atoms with Gasteiger partial charge < -0.3 is 20.4 Å². The maximum atomic E-state index is 13.5. The average molecular weight is 413 g/mol. The Labute approximate surface area is 176 Å². The van der Waals surface area contributed by atoms with E-state index in [9.17, 15) is 9.18 Å². The Balaban J connectivity index is 1.41. The standard InChI is InChI=1S/C22H29FN6O/c1-16-5-6-19-20(16)21(26-15-25-19)27-9-11-28(12-10-27)22(30)29(8-7-24)14-17-3-2-4-18(23)13-17/h2-4,13,15-16H,5-12,14,24H2,1H3/t16-/m1/s1. The van der Waals surface area contributed by atoms with Crippen LogP contribution in [0.15, 0.2) is 30.6 Å². The third-order valence-electron chi connectivity index (χ3n) is 6.03.